The Labute approximate surface area is 120 Å². The number of anilines is 1. The van der Waals surface area contributed by atoms with Crippen molar-refractivity contribution >= 4 is 23.3 Å². The number of aromatic nitrogens is 1. The molecule has 0 spiro atoms. The Morgan fingerprint density at radius 2 is 2.21 bits per heavy atom. The summed E-state index contributed by atoms with van der Waals surface area (Å²) in [6, 6.07) is 1.70. The molecule has 1 rings (SSSR count). The minimum absolute atomic E-state index is 0.146. The third kappa shape index (κ3) is 5.07. The first-order valence-corrected chi connectivity index (χ1v) is 7.13. The van der Waals surface area contributed by atoms with Crippen LogP contribution in [0.15, 0.2) is 12.3 Å². The molecule has 0 radical (unpaired) electrons. The van der Waals surface area contributed by atoms with E-state index in [1.165, 1.54) is 6.20 Å². The molecule has 1 aromatic heterocycles. The monoisotopic (exact) mass is 283 g/mol. The van der Waals surface area contributed by atoms with Gasteiger partial charge in [-0.3, -0.25) is 4.79 Å². The summed E-state index contributed by atoms with van der Waals surface area (Å²) in [4.78, 5) is 16.2. The van der Waals surface area contributed by atoms with E-state index < -0.39 is 0 Å². The fraction of sp³-hybridized carbons (Fsp3) is 0.571. The van der Waals surface area contributed by atoms with Crippen LogP contribution in [-0.4, -0.2) is 24.0 Å². The van der Waals surface area contributed by atoms with Gasteiger partial charge >= 0.3 is 0 Å². The first-order valence-electron chi connectivity index (χ1n) is 6.76. The maximum absolute atomic E-state index is 12.1. The van der Waals surface area contributed by atoms with Crippen LogP contribution in [0.25, 0.3) is 0 Å². The molecule has 2 N–H and O–H groups in total. The molecular weight excluding hydrogens is 262 g/mol. The van der Waals surface area contributed by atoms with Gasteiger partial charge in [0.15, 0.2) is 0 Å². The van der Waals surface area contributed by atoms with Gasteiger partial charge in [-0.2, -0.15) is 0 Å². The average molecular weight is 284 g/mol. The first-order chi connectivity index (χ1) is 9.08. The van der Waals surface area contributed by atoms with E-state index in [-0.39, 0.29) is 5.91 Å². The summed E-state index contributed by atoms with van der Waals surface area (Å²) >= 11 is 6.02. The van der Waals surface area contributed by atoms with Gasteiger partial charge in [-0.05, 0) is 18.4 Å². The van der Waals surface area contributed by atoms with Gasteiger partial charge in [0.25, 0.3) is 5.91 Å². The highest BCUT2D eigenvalue weighted by Gasteiger charge is 2.12. The van der Waals surface area contributed by atoms with E-state index in [4.69, 9.17) is 11.6 Å². The number of pyridine rings is 1. The fourth-order valence-electron chi connectivity index (χ4n) is 1.47. The third-order valence-electron chi connectivity index (χ3n) is 2.96. The minimum Gasteiger partial charge on any atom is -0.370 e. The smallest absolute Gasteiger partial charge is 0.252 e. The van der Waals surface area contributed by atoms with Crippen LogP contribution in [-0.2, 0) is 0 Å². The van der Waals surface area contributed by atoms with Gasteiger partial charge in [0.2, 0.25) is 0 Å². The van der Waals surface area contributed by atoms with Gasteiger partial charge < -0.3 is 10.6 Å². The number of hydrogen-bond donors (Lipinski definition) is 2. The fourth-order valence-corrected chi connectivity index (χ4v) is 1.66. The maximum atomic E-state index is 12.1. The highest BCUT2D eigenvalue weighted by atomic mass is 35.5. The lowest BCUT2D eigenvalue weighted by Gasteiger charge is -2.12. The maximum Gasteiger partial charge on any atom is 0.252 e. The van der Waals surface area contributed by atoms with E-state index in [9.17, 15) is 4.79 Å². The normalized spacial score (nSPS) is 12.0. The van der Waals surface area contributed by atoms with Gasteiger partial charge in [0, 0.05) is 19.3 Å². The number of nitrogens with one attached hydrogen (secondary N) is 2. The molecule has 0 aliphatic carbocycles. The number of carbonyl (C=O) groups excluding carboxylic acids is 1. The standard InChI is InChI=1S/C14H22ClN3O/c1-4-6-16-13-7-11(12(15)9-17-13)14(19)18-8-10(3)5-2/h7,9-10H,4-6,8H2,1-3H3,(H,16,17)(H,18,19). The average Bonchev–Trinajstić information content (AvgIpc) is 2.43. The minimum atomic E-state index is -0.146. The van der Waals surface area contributed by atoms with Crippen molar-refractivity contribution < 1.29 is 4.79 Å². The molecule has 106 valence electrons. The van der Waals surface area contributed by atoms with Crippen LogP contribution >= 0.6 is 11.6 Å². The summed E-state index contributed by atoms with van der Waals surface area (Å²) in [6.45, 7) is 7.75. The summed E-state index contributed by atoms with van der Waals surface area (Å²) in [5, 5.41) is 6.42. The van der Waals surface area contributed by atoms with Gasteiger partial charge in [0.05, 0.1) is 10.6 Å². The predicted molar refractivity (Wildman–Crippen MR) is 79.8 cm³/mol. The van der Waals surface area contributed by atoms with E-state index in [1.54, 1.807) is 6.07 Å². The van der Waals surface area contributed by atoms with Crippen LogP contribution in [0, 0.1) is 5.92 Å². The van der Waals surface area contributed by atoms with Gasteiger partial charge in [-0.25, -0.2) is 4.98 Å². The van der Waals surface area contributed by atoms with E-state index in [0.717, 1.165) is 19.4 Å². The van der Waals surface area contributed by atoms with Crippen molar-refractivity contribution in [3.8, 4) is 0 Å². The summed E-state index contributed by atoms with van der Waals surface area (Å²) in [5.41, 5.74) is 0.471. The van der Waals surface area contributed by atoms with Crippen LogP contribution < -0.4 is 10.6 Å². The number of nitrogens with zero attached hydrogens (tertiary/aromatic N) is 1. The molecule has 0 fully saturated rings. The lowest BCUT2D eigenvalue weighted by Crippen LogP contribution is -2.28. The van der Waals surface area contributed by atoms with E-state index in [2.05, 4.69) is 36.4 Å². The van der Waals surface area contributed by atoms with E-state index >= 15 is 0 Å². The molecule has 0 saturated heterocycles. The van der Waals surface area contributed by atoms with Gasteiger partial charge in [-0.1, -0.05) is 38.8 Å². The summed E-state index contributed by atoms with van der Waals surface area (Å²) < 4.78 is 0. The van der Waals surface area contributed by atoms with Crippen molar-refractivity contribution in [2.75, 3.05) is 18.4 Å². The quantitative estimate of drug-likeness (QED) is 0.807. The second kappa shape index (κ2) is 8.00. The van der Waals surface area contributed by atoms with Gasteiger partial charge in [-0.15, -0.1) is 0 Å². The number of rotatable bonds is 7. The van der Waals surface area contributed by atoms with Crippen molar-refractivity contribution in [3.05, 3.63) is 22.8 Å². The van der Waals surface area contributed by atoms with Crippen LogP contribution in [0.4, 0.5) is 5.82 Å². The number of hydrogen-bond acceptors (Lipinski definition) is 3. The molecule has 0 aromatic carbocycles. The van der Waals surface area contributed by atoms with E-state index in [1.807, 2.05) is 0 Å². The summed E-state index contributed by atoms with van der Waals surface area (Å²) in [5.74, 6) is 0.995. The molecule has 1 atom stereocenters. The Bertz CT molecular complexity index is 423. The van der Waals surface area contributed by atoms with Crippen molar-refractivity contribution in [3.63, 3.8) is 0 Å². The summed E-state index contributed by atoms with van der Waals surface area (Å²) in [6.07, 6.45) is 3.55. The zero-order valence-electron chi connectivity index (χ0n) is 11.8. The molecule has 0 aliphatic heterocycles. The van der Waals surface area contributed by atoms with Crippen molar-refractivity contribution in [1.82, 2.24) is 10.3 Å². The van der Waals surface area contributed by atoms with E-state index in [0.29, 0.717) is 28.9 Å². The Morgan fingerprint density at radius 1 is 1.47 bits per heavy atom. The lowest BCUT2D eigenvalue weighted by molar-refractivity contribution is 0.0948. The van der Waals surface area contributed by atoms with Crippen molar-refractivity contribution in [1.29, 1.82) is 0 Å². The molecule has 1 heterocycles. The van der Waals surface area contributed by atoms with Crippen molar-refractivity contribution in [2.45, 2.75) is 33.6 Å². The highest BCUT2D eigenvalue weighted by molar-refractivity contribution is 6.33. The largest absolute Gasteiger partial charge is 0.370 e. The zero-order chi connectivity index (χ0) is 14.3. The molecular formula is C14H22ClN3O. The van der Waals surface area contributed by atoms with Crippen LogP contribution in [0.2, 0.25) is 5.02 Å². The number of amides is 1. The first kappa shape index (κ1) is 15.8. The third-order valence-corrected chi connectivity index (χ3v) is 3.27. The van der Waals surface area contributed by atoms with Crippen LogP contribution in [0.3, 0.4) is 0 Å². The molecule has 0 bridgehead atoms. The van der Waals surface area contributed by atoms with Crippen LogP contribution in [0.1, 0.15) is 44.0 Å². The summed E-state index contributed by atoms with van der Waals surface area (Å²) in [7, 11) is 0. The Kier molecular flexibility index (Phi) is 6.64. The topological polar surface area (TPSA) is 54.0 Å². The number of halogens is 1. The van der Waals surface area contributed by atoms with Gasteiger partial charge in [0.1, 0.15) is 5.82 Å². The second-order valence-corrected chi connectivity index (χ2v) is 5.11. The molecule has 1 amide bonds. The van der Waals surface area contributed by atoms with Crippen LogP contribution in [0.5, 0.6) is 0 Å². The molecule has 0 saturated carbocycles. The molecule has 19 heavy (non-hydrogen) atoms. The molecule has 0 aliphatic rings. The zero-order valence-corrected chi connectivity index (χ0v) is 12.5. The van der Waals surface area contributed by atoms with Crippen molar-refractivity contribution in [2.24, 2.45) is 5.92 Å². The second-order valence-electron chi connectivity index (χ2n) is 4.70. The Hall–Kier alpha value is -1.29. The Balaban J connectivity index is 2.72. The number of carbonyl (C=O) groups is 1. The predicted octanol–water partition coefficient (Wildman–Crippen LogP) is 3.33. The molecule has 5 heteroatoms. The Morgan fingerprint density at radius 3 is 2.84 bits per heavy atom. The molecule has 4 nitrogen and oxygen atoms in total. The molecule has 1 unspecified atom stereocenters. The lowest BCUT2D eigenvalue weighted by atomic mass is 10.1. The SMILES string of the molecule is CCCNc1cc(C(=O)NCC(C)CC)c(Cl)cn1. The highest BCUT2D eigenvalue weighted by Crippen LogP contribution is 2.18. The molecule has 1 aromatic rings.